The molecule has 0 unspecified atom stereocenters. The average Bonchev–Trinajstić information content (AvgIpc) is 2.72. The lowest BCUT2D eigenvalue weighted by Crippen LogP contribution is -2.52. The first kappa shape index (κ1) is 19.8. The van der Waals surface area contributed by atoms with E-state index < -0.39 is 0 Å². The van der Waals surface area contributed by atoms with Crippen molar-refractivity contribution < 1.29 is 9.59 Å². The SMILES string of the molecule is CCC(=O)C1CCC(C(=O)N2CCN(CCN3CCCCC3)CC2)CC1. The normalized spacial score (nSPS) is 28.9. The van der Waals surface area contributed by atoms with Gasteiger partial charge in [0.2, 0.25) is 5.91 Å². The summed E-state index contributed by atoms with van der Waals surface area (Å²) in [6.45, 7) is 10.6. The average molecular weight is 364 g/mol. The van der Waals surface area contributed by atoms with Gasteiger partial charge in [0, 0.05) is 57.5 Å². The van der Waals surface area contributed by atoms with Gasteiger partial charge in [-0.3, -0.25) is 14.5 Å². The molecule has 0 radical (unpaired) electrons. The minimum Gasteiger partial charge on any atom is -0.340 e. The fourth-order valence-corrected chi connectivity index (χ4v) is 4.87. The fourth-order valence-electron chi connectivity index (χ4n) is 4.87. The number of likely N-dealkylation sites (tertiary alicyclic amines) is 1. The van der Waals surface area contributed by atoms with Crippen molar-refractivity contribution >= 4 is 11.7 Å². The van der Waals surface area contributed by atoms with E-state index in [9.17, 15) is 9.59 Å². The molecule has 1 amide bonds. The van der Waals surface area contributed by atoms with Gasteiger partial charge in [-0.2, -0.15) is 0 Å². The molecular weight excluding hydrogens is 326 g/mol. The maximum Gasteiger partial charge on any atom is 0.225 e. The summed E-state index contributed by atoms with van der Waals surface area (Å²) in [5.74, 6) is 1.12. The van der Waals surface area contributed by atoms with E-state index in [1.54, 1.807) is 0 Å². The molecule has 3 aliphatic rings. The van der Waals surface area contributed by atoms with E-state index >= 15 is 0 Å². The Morgan fingerprint density at radius 2 is 1.27 bits per heavy atom. The van der Waals surface area contributed by atoms with E-state index in [2.05, 4.69) is 14.7 Å². The minimum absolute atomic E-state index is 0.163. The van der Waals surface area contributed by atoms with E-state index in [1.165, 1.54) is 38.9 Å². The summed E-state index contributed by atoms with van der Waals surface area (Å²) < 4.78 is 0. The molecule has 2 heterocycles. The highest BCUT2D eigenvalue weighted by Crippen LogP contribution is 2.31. The standard InChI is InChI=1S/C21H37N3O2/c1-2-20(25)18-6-8-19(9-7-18)21(26)24-16-14-23(15-17-24)13-12-22-10-4-3-5-11-22/h18-19H,2-17H2,1H3. The number of rotatable bonds is 6. The van der Waals surface area contributed by atoms with E-state index in [-0.39, 0.29) is 11.8 Å². The van der Waals surface area contributed by atoms with Gasteiger partial charge in [-0.05, 0) is 51.6 Å². The van der Waals surface area contributed by atoms with E-state index in [0.29, 0.717) is 18.1 Å². The van der Waals surface area contributed by atoms with E-state index in [1.807, 2.05) is 6.92 Å². The highest BCUT2D eigenvalue weighted by molar-refractivity contribution is 5.82. The Hall–Kier alpha value is -0.940. The van der Waals surface area contributed by atoms with Gasteiger partial charge in [0.05, 0.1) is 0 Å². The number of piperidine rings is 1. The van der Waals surface area contributed by atoms with Crippen molar-refractivity contribution in [3.05, 3.63) is 0 Å². The Kier molecular flexibility index (Phi) is 7.50. The molecule has 0 aromatic rings. The molecule has 3 rings (SSSR count). The molecule has 1 aliphatic carbocycles. The van der Waals surface area contributed by atoms with Gasteiger partial charge < -0.3 is 9.80 Å². The van der Waals surface area contributed by atoms with Crippen LogP contribution in [0.15, 0.2) is 0 Å². The van der Waals surface area contributed by atoms with Gasteiger partial charge in [-0.15, -0.1) is 0 Å². The summed E-state index contributed by atoms with van der Waals surface area (Å²) in [7, 11) is 0. The highest BCUT2D eigenvalue weighted by Gasteiger charge is 2.32. The molecule has 148 valence electrons. The molecular formula is C21H37N3O2. The first-order valence-electron chi connectivity index (χ1n) is 10.9. The lowest BCUT2D eigenvalue weighted by Gasteiger charge is -2.38. The van der Waals surface area contributed by atoms with Crippen molar-refractivity contribution in [1.82, 2.24) is 14.7 Å². The molecule has 5 nitrogen and oxygen atoms in total. The predicted molar refractivity (Wildman–Crippen MR) is 104 cm³/mol. The predicted octanol–water partition coefficient (Wildman–Crippen LogP) is 2.40. The minimum atomic E-state index is 0.163. The number of hydrogen-bond acceptors (Lipinski definition) is 4. The number of carbonyl (C=O) groups excluding carboxylic acids is 2. The van der Waals surface area contributed by atoms with Gasteiger partial charge in [0.1, 0.15) is 5.78 Å². The molecule has 5 heteroatoms. The van der Waals surface area contributed by atoms with Crippen molar-refractivity contribution in [2.75, 3.05) is 52.4 Å². The third-order valence-electron chi connectivity index (χ3n) is 6.75. The summed E-state index contributed by atoms with van der Waals surface area (Å²) in [5, 5.41) is 0. The lowest BCUT2D eigenvalue weighted by molar-refractivity contribution is -0.139. The molecule has 0 atom stereocenters. The smallest absolute Gasteiger partial charge is 0.225 e. The quantitative estimate of drug-likeness (QED) is 0.727. The van der Waals surface area contributed by atoms with Crippen molar-refractivity contribution in [3.63, 3.8) is 0 Å². The zero-order chi connectivity index (χ0) is 18.4. The summed E-state index contributed by atoms with van der Waals surface area (Å²) in [6, 6.07) is 0. The molecule has 0 aromatic heterocycles. The summed E-state index contributed by atoms with van der Waals surface area (Å²) in [6.07, 6.45) is 8.39. The Bertz CT molecular complexity index is 460. The van der Waals surface area contributed by atoms with Crippen molar-refractivity contribution in [3.8, 4) is 0 Å². The fraction of sp³-hybridized carbons (Fsp3) is 0.905. The Balaban J connectivity index is 1.35. The Labute approximate surface area is 159 Å². The van der Waals surface area contributed by atoms with Gasteiger partial charge in [0.25, 0.3) is 0 Å². The number of piperazine rings is 1. The maximum atomic E-state index is 12.8. The van der Waals surface area contributed by atoms with Gasteiger partial charge in [-0.1, -0.05) is 13.3 Å². The number of ketones is 1. The van der Waals surface area contributed by atoms with Crippen LogP contribution in [-0.2, 0) is 9.59 Å². The van der Waals surface area contributed by atoms with E-state index in [0.717, 1.165) is 58.4 Å². The van der Waals surface area contributed by atoms with Gasteiger partial charge >= 0.3 is 0 Å². The number of amides is 1. The summed E-state index contributed by atoms with van der Waals surface area (Å²) in [5.41, 5.74) is 0. The Morgan fingerprint density at radius 3 is 1.85 bits per heavy atom. The molecule has 3 fully saturated rings. The van der Waals surface area contributed by atoms with Crippen LogP contribution in [0.25, 0.3) is 0 Å². The Morgan fingerprint density at radius 1 is 0.731 bits per heavy atom. The second-order valence-electron chi connectivity index (χ2n) is 8.44. The molecule has 0 bridgehead atoms. The summed E-state index contributed by atoms with van der Waals surface area (Å²) >= 11 is 0. The van der Waals surface area contributed by atoms with Crippen molar-refractivity contribution in [2.45, 2.75) is 58.3 Å². The van der Waals surface area contributed by atoms with Crippen molar-refractivity contribution in [1.29, 1.82) is 0 Å². The van der Waals surface area contributed by atoms with Crippen LogP contribution < -0.4 is 0 Å². The number of carbonyl (C=O) groups is 2. The maximum absolute atomic E-state index is 12.8. The van der Waals surface area contributed by atoms with Gasteiger partial charge in [0.15, 0.2) is 0 Å². The molecule has 2 saturated heterocycles. The number of Topliss-reactive ketones (excluding diaryl/α,β-unsaturated/α-hetero) is 1. The molecule has 26 heavy (non-hydrogen) atoms. The third kappa shape index (κ3) is 5.29. The van der Waals surface area contributed by atoms with Gasteiger partial charge in [-0.25, -0.2) is 0 Å². The molecule has 0 aromatic carbocycles. The topological polar surface area (TPSA) is 43.9 Å². The lowest BCUT2D eigenvalue weighted by atomic mass is 9.79. The monoisotopic (exact) mass is 363 g/mol. The molecule has 0 spiro atoms. The van der Waals surface area contributed by atoms with E-state index in [4.69, 9.17) is 0 Å². The molecule has 0 N–H and O–H groups in total. The highest BCUT2D eigenvalue weighted by atomic mass is 16.2. The van der Waals surface area contributed by atoms with Crippen LogP contribution in [0.5, 0.6) is 0 Å². The number of nitrogens with zero attached hydrogens (tertiary/aromatic N) is 3. The second kappa shape index (κ2) is 9.84. The van der Waals surface area contributed by atoms with Crippen LogP contribution in [0.2, 0.25) is 0 Å². The van der Waals surface area contributed by atoms with Crippen molar-refractivity contribution in [2.24, 2.45) is 11.8 Å². The molecule has 2 aliphatic heterocycles. The summed E-state index contributed by atoms with van der Waals surface area (Å²) in [4.78, 5) is 31.9. The van der Waals surface area contributed by atoms with Crippen LogP contribution in [-0.4, -0.2) is 78.7 Å². The van der Waals surface area contributed by atoms with Crippen LogP contribution in [0, 0.1) is 11.8 Å². The van der Waals surface area contributed by atoms with Crippen LogP contribution in [0.4, 0.5) is 0 Å². The zero-order valence-corrected chi connectivity index (χ0v) is 16.6. The largest absolute Gasteiger partial charge is 0.340 e. The van der Waals surface area contributed by atoms with Crippen LogP contribution in [0.1, 0.15) is 58.3 Å². The molecule has 1 saturated carbocycles. The third-order valence-corrected chi connectivity index (χ3v) is 6.75. The zero-order valence-electron chi connectivity index (χ0n) is 16.6. The van der Waals surface area contributed by atoms with Crippen LogP contribution in [0.3, 0.4) is 0 Å². The second-order valence-corrected chi connectivity index (χ2v) is 8.44. The first-order chi connectivity index (χ1) is 12.7. The first-order valence-corrected chi connectivity index (χ1v) is 10.9. The number of hydrogen-bond donors (Lipinski definition) is 0. The van der Waals surface area contributed by atoms with Crippen LogP contribution >= 0.6 is 0 Å².